The zero-order chi connectivity index (χ0) is 22.3. The lowest BCUT2D eigenvalue weighted by atomic mass is 10.0. The molecule has 2 unspecified atom stereocenters. The number of fused-ring (bicyclic) bond motifs is 1. The van der Waals surface area contributed by atoms with Crippen molar-refractivity contribution in [2.24, 2.45) is 0 Å². The average Bonchev–Trinajstić information content (AvgIpc) is 2.99. The maximum Gasteiger partial charge on any atom is 0.252 e. The number of carbonyl (C=O) groups is 1. The molecule has 1 aliphatic heterocycles. The number of methoxy groups -OCH3 is 2. The third-order valence-corrected chi connectivity index (χ3v) is 6.59. The molecule has 1 aliphatic rings. The summed E-state index contributed by atoms with van der Waals surface area (Å²) in [7, 11) is 3.25. The number of nitrogens with one attached hydrogen (secondary N) is 1. The molecule has 3 heterocycles. The molecule has 1 aromatic carbocycles. The van der Waals surface area contributed by atoms with Crippen molar-refractivity contribution in [2.75, 3.05) is 19.5 Å². The van der Waals surface area contributed by atoms with E-state index in [4.69, 9.17) is 14.6 Å². The Balaban J connectivity index is 1.94. The van der Waals surface area contributed by atoms with Gasteiger partial charge in [-0.3, -0.25) is 4.79 Å². The van der Waals surface area contributed by atoms with Gasteiger partial charge in [-0.1, -0.05) is 6.07 Å². The van der Waals surface area contributed by atoms with E-state index in [1.807, 2.05) is 52.0 Å². The predicted octanol–water partition coefficient (Wildman–Crippen LogP) is 3.77. The largest absolute Gasteiger partial charge is 0.497 e. The third-order valence-electron chi connectivity index (χ3n) is 5.20. The van der Waals surface area contributed by atoms with Crippen LogP contribution in [-0.4, -0.2) is 45.1 Å². The zero-order valence-corrected chi connectivity index (χ0v) is 19.2. The second-order valence-corrected chi connectivity index (χ2v) is 8.92. The summed E-state index contributed by atoms with van der Waals surface area (Å²) in [5.74, 6) is 2.33. The van der Waals surface area contributed by atoms with E-state index in [2.05, 4.69) is 15.3 Å². The van der Waals surface area contributed by atoms with Gasteiger partial charge in [0.15, 0.2) is 0 Å². The van der Waals surface area contributed by atoms with E-state index in [1.54, 1.807) is 30.7 Å². The van der Waals surface area contributed by atoms with Crippen LogP contribution in [0.25, 0.3) is 5.95 Å². The minimum absolute atomic E-state index is 0.0910. The minimum Gasteiger partial charge on any atom is -0.497 e. The van der Waals surface area contributed by atoms with E-state index in [-0.39, 0.29) is 16.4 Å². The van der Waals surface area contributed by atoms with Gasteiger partial charge in [-0.2, -0.15) is 9.78 Å². The van der Waals surface area contributed by atoms with Crippen molar-refractivity contribution in [3.8, 4) is 17.4 Å². The molecule has 0 fully saturated rings. The van der Waals surface area contributed by atoms with Crippen LogP contribution >= 0.6 is 11.8 Å². The molecule has 162 valence electrons. The highest BCUT2D eigenvalue weighted by atomic mass is 32.2. The molecule has 0 saturated carbocycles. The van der Waals surface area contributed by atoms with Crippen LogP contribution in [0.4, 0.5) is 5.82 Å². The van der Waals surface area contributed by atoms with Gasteiger partial charge in [0.05, 0.1) is 30.4 Å². The number of carbonyl (C=O) groups excluding carboxylic acids is 1. The van der Waals surface area contributed by atoms with Crippen LogP contribution in [0.15, 0.2) is 24.3 Å². The lowest BCUT2D eigenvalue weighted by Crippen LogP contribution is -2.23. The van der Waals surface area contributed by atoms with Gasteiger partial charge in [0.1, 0.15) is 17.3 Å². The highest BCUT2D eigenvalue weighted by molar-refractivity contribution is 8.01. The molecule has 0 bridgehead atoms. The highest BCUT2D eigenvalue weighted by Gasteiger charge is 2.36. The van der Waals surface area contributed by atoms with Crippen molar-refractivity contribution >= 4 is 23.5 Å². The molecular weight excluding hydrogens is 414 g/mol. The van der Waals surface area contributed by atoms with Gasteiger partial charge >= 0.3 is 0 Å². The number of nitrogens with zero attached hydrogens (tertiary/aromatic N) is 4. The van der Waals surface area contributed by atoms with Gasteiger partial charge in [0.2, 0.25) is 5.91 Å². The van der Waals surface area contributed by atoms with Gasteiger partial charge in [0, 0.05) is 28.6 Å². The maximum atomic E-state index is 12.9. The first-order chi connectivity index (χ1) is 14.8. The van der Waals surface area contributed by atoms with Crippen LogP contribution in [-0.2, 0) is 4.79 Å². The molecule has 31 heavy (non-hydrogen) atoms. The van der Waals surface area contributed by atoms with Crippen molar-refractivity contribution in [1.82, 2.24) is 19.7 Å². The van der Waals surface area contributed by atoms with E-state index in [9.17, 15) is 4.79 Å². The van der Waals surface area contributed by atoms with Crippen molar-refractivity contribution < 1.29 is 14.3 Å². The summed E-state index contributed by atoms with van der Waals surface area (Å²) in [5.41, 5.74) is 4.32. The molecule has 1 N–H and O–H groups in total. The van der Waals surface area contributed by atoms with Gasteiger partial charge in [-0.15, -0.1) is 11.8 Å². The summed E-state index contributed by atoms with van der Waals surface area (Å²) in [5, 5.41) is 7.31. The van der Waals surface area contributed by atoms with E-state index in [1.165, 1.54) is 0 Å². The summed E-state index contributed by atoms with van der Waals surface area (Å²) in [6.45, 7) is 7.66. The number of hydrogen-bond donors (Lipinski definition) is 1. The highest BCUT2D eigenvalue weighted by Crippen LogP contribution is 2.48. The summed E-state index contributed by atoms with van der Waals surface area (Å²) in [4.78, 5) is 22.0. The van der Waals surface area contributed by atoms with Crippen LogP contribution in [0.5, 0.6) is 11.5 Å². The number of thioether (sulfide) groups is 1. The Kier molecular flexibility index (Phi) is 5.62. The Morgan fingerprint density at radius 2 is 1.77 bits per heavy atom. The standard InChI is InChI=1S/C22H25N5O3S/c1-11-9-12(2)24-22(23-11)27-20-18(13(3)26-27)19(31-14(4)21(28)25-20)16-8-7-15(29-5)10-17(16)30-6/h7-10,14,19H,1-6H3,(H,25,28). The number of aryl methyl sites for hydroxylation is 3. The Hall–Kier alpha value is -3.07. The van der Waals surface area contributed by atoms with E-state index in [0.717, 1.165) is 28.2 Å². The molecule has 0 radical (unpaired) electrons. The zero-order valence-electron chi connectivity index (χ0n) is 18.4. The fraction of sp³-hybridized carbons (Fsp3) is 0.364. The number of ether oxygens (including phenoxy) is 2. The topological polar surface area (TPSA) is 91.2 Å². The number of amides is 1. The third kappa shape index (κ3) is 3.85. The minimum atomic E-state index is -0.280. The fourth-order valence-corrected chi connectivity index (χ4v) is 5.09. The number of rotatable bonds is 4. The average molecular weight is 440 g/mol. The van der Waals surface area contributed by atoms with Crippen molar-refractivity contribution in [3.63, 3.8) is 0 Å². The molecule has 4 rings (SSSR count). The Bertz CT molecular complexity index is 1140. The summed E-state index contributed by atoms with van der Waals surface area (Å²) >= 11 is 1.56. The van der Waals surface area contributed by atoms with Crippen LogP contribution in [0.3, 0.4) is 0 Å². The Morgan fingerprint density at radius 1 is 1.06 bits per heavy atom. The van der Waals surface area contributed by atoms with Crippen molar-refractivity contribution in [1.29, 1.82) is 0 Å². The molecule has 0 saturated heterocycles. The number of aromatic nitrogens is 4. The van der Waals surface area contributed by atoms with Crippen LogP contribution in [0, 0.1) is 20.8 Å². The summed E-state index contributed by atoms with van der Waals surface area (Å²) < 4.78 is 12.7. The maximum absolute atomic E-state index is 12.9. The quantitative estimate of drug-likeness (QED) is 0.662. The summed E-state index contributed by atoms with van der Waals surface area (Å²) in [6.07, 6.45) is 0. The first-order valence-electron chi connectivity index (χ1n) is 9.92. The van der Waals surface area contributed by atoms with Gasteiger partial charge in [0.25, 0.3) is 5.95 Å². The van der Waals surface area contributed by atoms with E-state index in [0.29, 0.717) is 23.3 Å². The molecule has 8 nitrogen and oxygen atoms in total. The lowest BCUT2D eigenvalue weighted by molar-refractivity contribution is -0.115. The first kappa shape index (κ1) is 21.2. The molecule has 0 spiro atoms. The SMILES string of the molecule is COc1ccc(C2SC(C)C(=O)Nc3c2c(C)nn3-c2nc(C)cc(C)n2)c(OC)c1. The van der Waals surface area contributed by atoms with Crippen LogP contribution in [0.2, 0.25) is 0 Å². The molecule has 9 heteroatoms. The van der Waals surface area contributed by atoms with Crippen LogP contribution < -0.4 is 14.8 Å². The molecule has 3 aromatic rings. The molecule has 2 aromatic heterocycles. The lowest BCUT2D eigenvalue weighted by Gasteiger charge is -2.20. The first-order valence-corrected chi connectivity index (χ1v) is 10.9. The van der Waals surface area contributed by atoms with Gasteiger partial charge < -0.3 is 14.8 Å². The van der Waals surface area contributed by atoms with Gasteiger partial charge in [-0.05, 0) is 39.8 Å². The predicted molar refractivity (Wildman–Crippen MR) is 120 cm³/mol. The second-order valence-electron chi connectivity index (χ2n) is 7.47. The molecule has 2 atom stereocenters. The number of anilines is 1. The molecule has 1 amide bonds. The monoisotopic (exact) mass is 439 g/mol. The van der Waals surface area contributed by atoms with Gasteiger partial charge in [-0.25, -0.2) is 9.97 Å². The number of hydrogen-bond acceptors (Lipinski definition) is 7. The summed E-state index contributed by atoms with van der Waals surface area (Å²) in [6, 6.07) is 7.63. The van der Waals surface area contributed by atoms with Crippen molar-refractivity contribution in [3.05, 3.63) is 52.5 Å². The smallest absolute Gasteiger partial charge is 0.252 e. The van der Waals surface area contributed by atoms with E-state index < -0.39 is 0 Å². The fourth-order valence-electron chi connectivity index (χ4n) is 3.74. The molecular formula is C22H25N5O3S. The number of benzene rings is 1. The molecule has 0 aliphatic carbocycles. The Labute approximate surface area is 185 Å². The second kappa shape index (κ2) is 8.22. The van der Waals surface area contributed by atoms with Crippen molar-refractivity contribution in [2.45, 2.75) is 38.2 Å². The van der Waals surface area contributed by atoms with E-state index >= 15 is 0 Å². The van der Waals surface area contributed by atoms with Crippen LogP contribution in [0.1, 0.15) is 40.4 Å². The Morgan fingerprint density at radius 3 is 2.42 bits per heavy atom. The normalized spacial score (nSPS) is 18.2.